The van der Waals surface area contributed by atoms with Crippen LogP contribution in [-0.4, -0.2) is 5.11 Å². The highest BCUT2D eigenvalue weighted by Gasteiger charge is 2.21. The minimum atomic E-state index is -1.45. The summed E-state index contributed by atoms with van der Waals surface area (Å²) < 4.78 is 32.1. The summed E-state index contributed by atoms with van der Waals surface area (Å²) in [7, 11) is 0. The number of hydrogen-bond acceptors (Lipinski definition) is 2. The maximum absolute atomic E-state index is 13.3. The Morgan fingerprint density at radius 1 is 1.12 bits per heavy atom. The lowest BCUT2D eigenvalue weighted by Crippen LogP contribution is -2.04. The van der Waals surface area contributed by atoms with Crippen LogP contribution in [0, 0.1) is 11.6 Å². The Labute approximate surface area is 98.6 Å². The molecule has 1 aromatic carbocycles. The van der Waals surface area contributed by atoms with Crippen molar-refractivity contribution in [2.75, 3.05) is 0 Å². The van der Waals surface area contributed by atoms with Crippen molar-refractivity contribution in [1.82, 2.24) is 0 Å². The average Bonchev–Trinajstić information content (AvgIpc) is 2.64. The van der Waals surface area contributed by atoms with E-state index < -0.39 is 23.3 Å². The summed E-state index contributed by atoms with van der Waals surface area (Å²) in [5.74, 6) is -1.53. The molecule has 0 aliphatic carbocycles. The molecule has 0 saturated heterocycles. The Hall–Kier alpha value is -1.20. The lowest BCUT2D eigenvalue weighted by molar-refractivity contribution is 0.178. The van der Waals surface area contributed by atoms with Gasteiger partial charge in [-0.05, 0) is 40.2 Å². The van der Waals surface area contributed by atoms with E-state index in [1.165, 1.54) is 18.2 Å². The van der Waals surface area contributed by atoms with Crippen molar-refractivity contribution in [1.29, 1.82) is 0 Å². The predicted octanol–water partition coefficient (Wildman–Crippen LogP) is 3.40. The molecule has 16 heavy (non-hydrogen) atoms. The van der Waals surface area contributed by atoms with Crippen LogP contribution in [0.25, 0.3) is 0 Å². The highest BCUT2D eigenvalue weighted by Crippen LogP contribution is 2.29. The topological polar surface area (TPSA) is 33.4 Å². The van der Waals surface area contributed by atoms with Gasteiger partial charge in [-0.25, -0.2) is 8.78 Å². The van der Waals surface area contributed by atoms with Gasteiger partial charge in [-0.2, -0.15) is 0 Å². The molecule has 0 aliphatic rings. The van der Waals surface area contributed by atoms with Gasteiger partial charge in [0.25, 0.3) is 0 Å². The first kappa shape index (κ1) is 11.3. The van der Waals surface area contributed by atoms with Crippen molar-refractivity contribution in [2.24, 2.45) is 0 Å². The van der Waals surface area contributed by atoms with E-state index in [1.54, 1.807) is 0 Å². The standard InChI is InChI=1S/C11H7BrF2O2/c12-9-5-4-8(16-9)11(15)10-6(13)2-1-3-7(10)14/h1-5,11,15H. The minimum absolute atomic E-state index is 0.0795. The number of aliphatic hydroxyl groups excluding tert-OH is 1. The van der Waals surface area contributed by atoms with Crippen LogP contribution in [0.4, 0.5) is 8.78 Å². The zero-order valence-electron chi connectivity index (χ0n) is 7.95. The normalized spacial score (nSPS) is 12.8. The molecule has 0 aliphatic heterocycles. The second-order valence-electron chi connectivity index (χ2n) is 3.18. The first-order valence-electron chi connectivity index (χ1n) is 4.47. The van der Waals surface area contributed by atoms with Crippen molar-refractivity contribution in [3.63, 3.8) is 0 Å². The van der Waals surface area contributed by atoms with E-state index in [2.05, 4.69) is 15.9 Å². The van der Waals surface area contributed by atoms with Crippen LogP contribution in [0.2, 0.25) is 0 Å². The zero-order chi connectivity index (χ0) is 11.7. The molecule has 0 bridgehead atoms. The van der Waals surface area contributed by atoms with Gasteiger partial charge >= 0.3 is 0 Å². The molecule has 1 N–H and O–H groups in total. The summed E-state index contributed by atoms with van der Waals surface area (Å²) in [5.41, 5.74) is -0.413. The van der Waals surface area contributed by atoms with Crippen molar-refractivity contribution in [3.8, 4) is 0 Å². The molecule has 2 aromatic rings. The smallest absolute Gasteiger partial charge is 0.169 e. The largest absolute Gasteiger partial charge is 0.451 e. The van der Waals surface area contributed by atoms with Gasteiger partial charge in [0.05, 0.1) is 5.56 Å². The number of furan rings is 1. The Morgan fingerprint density at radius 2 is 1.75 bits per heavy atom. The number of halogens is 3. The van der Waals surface area contributed by atoms with Crippen LogP contribution in [0.15, 0.2) is 39.4 Å². The van der Waals surface area contributed by atoms with Gasteiger partial charge < -0.3 is 9.52 Å². The third kappa shape index (κ3) is 2.01. The fourth-order valence-corrected chi connectivity index (χ4v) is 1.71. The molecule has 84 valence electrons. The third-order valence-electron chi connectivity index (χ3n) is 2.14. The maximum Gasteiger partial charge on any atom is 0.169 e. The van der Waals surface area contributed by atoms with Crippen LogP contribution in [-0.2, 0) is 0 Å². The Kier molecular flexibility index (Phi) is 3.07. The van der Waals surface area contributed by atoms with Gasteiger partial charge in [-0.3, -0.25) is 0 Å². The summed E-state index contributed by atoms with van der Waals surface area (Å²) in [6.07, 6.45) is -1.45. The molecular formula is C11H7BrF2O2. The lowest BCUT2D eigenvalue weighted by Gasteiger charge is -2.09. The average molecular weight is 289 g/mol. The number of hydrogen-bond donors (Lipinski definition) is 1. The summed E-state index contributed by atoms with van der Waals surface area (Å²) in [6.45, 7) is 0. The van der Waals surface area contributed by atoms with Crippen LogP contribution < -0.4 is 0 Å². The number of aliphatic hydroxyl groups is 1. The summed E-state index contributed by atoms with van der Waals surface area (Å²) in [5, 5.41) is 9.77. The summed E-state index contributed by atoms with van der Waals surface area (Å²) >= 11 is 3.04. The van der Waals surface area contributed by atoms with Gasteiger partial charge in [0.15, 0.2) is 4.67 Å². The minimum Gasteiger partial charge on any atom is -0.451 e. The molecule has 1 unspecified atom stereocenters. The third-order valence-corrected chi connectivity index (χ3v) is 2.56. The fraction of sp³-hybridized carbons (Fsp3) is 0.0909. The van der Waals surface area contributed by atoms with E-state index in [1.807, 2.05) is 0 Å². The van der Waals surface area contributed by atoms with Crippen LogP contribution >= 0.6 is 15.9 Å². The van der Waals surface area contributed by atoms with E-state index in [-0.39, 0.29) is 5.76 Å². The molecule has 0 fully saturated rings. The van der Waals surface area contributed by atoms with E-state index in [9.17, 15) is 13.9 Å². The molecular weight excluding hydrogens is 282 g/mol. The highest BCUT2D eigenvalue weighted by molar-refractivity contribution is 9.10. The van der Waals surface area contributed by atoms with E-state index in [4.69, 9.17) is 4.42 Å². The molecule has 1 heterocycles. The summed E-state index contributed by atoms with van der Waals surface area (Å²) in [6, 6.07) is 6.39. The van der Waals surface area contributed by atoms with Gasteiger partial charge in [0.1, 0.15) is 23.5 Å². The van der Waals surface area contributed by atoms with Gasteiger partial charge in [0.2, 0.25) is 0 Å². The van der Waals surface area contributed by atoms with Crippen molar-refractivity contribution >= 4 is 15.9 Å². The molecule has 0 radical (unpaired) electrons. The molecule has 1 aromatic heterocycles. The monoisotopic (exact) mass is 288 g/mol. The molecule has 1 atom stereocenters. The number of rotatable bonds is 2. The quantitative estimate of drug-likeness (QED) is 0.919. The van der Waals surface area contributed by atoms with Crippen LogP contribution in [0.5, 0.6) is 0 Å². The summed E-state index contributed by atoms with van der Waals surface area (Å²) in [4.78, 5) is 0. The second kappa shape index (κ2) is 4.35. The van der Waals surface area contributed by atoms with Crippen LogP contribution in [0.1, 0.15) is 17.4 Å². The van der Waals surface area contributed by atoms with E-state index in [0.29, 0.717) is 4.67 Å². The molecule has 0 amide bonds. The first-order chi connectivity index (χ1) is 7.59. The van der Waals surface area contributed by atoms with Gasteiger partial charge in [-0.1, -0.05) is 6.07 Å². The highest BCUT2D eigenvalue weighted by atomic mass is 79.9. The Bertz CT molecular complexity index is 490. The Morgan fingerprint density at radius 3 is 2.25 bits per heavy atom. The molecule has 5 heteroatoms. The van der Waals surface area contributed by atoms with Crippen molar-refractivity contribution < 1.29 is 18.3 Å². The lowest BCUT2D eigenvalue weighted by atomic mass is 10.1. The molecule has 0 spiro atoms. The SMILES string of the molecule is OC(c1ccc(Br)o1)c1c(F)cccc1F. The van der Waals surface area contributed by atoms with Crippen LogP contribution in [0.3, 0.4) is 0 Å². The van der Waals surface area contributed by atoms with E-state index >= 15 is 0 Å². The zero-order valence-corrected chi connectivity index (χ0v) is 9.54. The van der Waals surface area contributed by atoms with Gasteiger partial charge in [0, 0.05) is 0 Å². The Balaban J connectivity index is 2.45. The first-order valence-corrected chi connectivity index (χ1v) is 5.26. The van der Waals surface area contributed by atoms with Crippen molar-refractivity contribution in [3.05, 3.63) is 58.0 Å². The maximum atomic E-state index is 13.3. The predicted molar refractivity (Wildman–Crippen MR) is 56.8 cm³/mol. The molecule has 2 rings (SSSR count). The molecule has 0 saturated carbocycles. The van der Waals surface area contributed by atoms with Crippen molar-refractivity contribution in [2.45, 2.75) is 6.10 Å². The second-order valence-corrected chi connectivity index (χ2v) is 3.96. The number of benzene rings is 1. The van der Waals surface area contributed by atoms with Gasteiger partial charge in [-0.15, -0.1) is 0 Å². The fourth-order valence-electron chi connectivity index (χ4n) is 1.39. The van der Waals surface area contributed by atoms with E-state index in [0.717, 1.165) is 12.1 Å². The molecule has 2 nitrogen and oxygen atoms in total.